The van der Waals surface area contributed by atoms with Crippen molar-refractivity contribution in [1.29, 1.82) is 0 Å². The molecule has 1 aromatic rings. The summed E-state index contributed by atoms with van der Waals surface area (Å²) in [7, 11) is 3.82. The van der Waals surface area contributed by atoms with Crippen LogP contribution in [0.15, 0.2) is 30.3 Å². The quantitative estimate of drug-likeness (QED) is 0.763. The van der Waals surface area contributed by atoms with Crippen LogP contribution >= 0.6 is 0 Å². The van der Waals surface area contributed by atoms with Crippen LogP contribution in [-0.4, -0.2) is 20.3 Å². The molecule has 88 valence electrons. The maximum absolute atomic E-state index is 11.9. The molecule has 0 atom stereocenters. The largest absolute Gasteiger partial charge is 0.392 e. The first-order valence-electron chi connectivity index (χ1n) is 4.89. The predicted molar refractivity (Wildman–Crippen MR) is 60.5 cm³/mol. The van der Waals surface area contributed by atoms with Gasteiger partial charge >= 0.3 is 6.18 Å². The maximum atomic E-state index is 11.9. The second kappa shape index (κ2) is 5.05. The highest BCUT2D eigenvalue weighted by atomic mass is 19.4. The van der Waals surface area contributed by atoms with Crippen molar-refractivity contribution in [1.82, 2.24) is 0 Å². The number of hydrogen-bond donors (Lipinski definition) is 0. The summed E-state index contributed by atoms with van der Waals surface area (Å²) in [6.45, 7) is 0. The molecule has 0 saturated carbocycles. The molecular weight excluding hydrogens is 215 g/mol. The van der Waals surface area contributed by atoms with Gasteiger partial charge < -0.3 is 4.90 Å². The summed E-state index contributed by atoms with van der Waals surface area (Å²) in [4.78, 5) is 1.93. The highest BCUT2D eigenvalue weighted by Gasteiger charge is 2.24. The van der Waals surface area contributed by atoms with Crippen LogP contribution in [0.1, 0.15) is 12.0 Å². The highest BCUT2D eigenvalue weighted by molar-refractivity contribution is 5.55. The Morgan fingerprint density at radius 1 is 1.12 bits per heavy atom. The minimum absolute atomic E-state index is 0.773. The van der Waals surface area contributed by atoms with E-state index in [0.29, 0.717) is 0 Å². The van der Waals surface area contributed by atoms with Gasteiger partial charge in [-0.1, -0.05) is 24.3 Å². The monoisotopic (exact) mass is 229 g/mol. The maximum Gasteiger partial charge on any atom is 0.392 e. The third-order valence-electron chi connectivity index (χ3n) is 2.07. The molecule has 0 unspecified atom stereocenters. The molecule has 0 aliphatic rings. The first kappa shape index (κ1) is 12.6. The zero-order chi connectivity index (χ0) is 12.2. The van der Waals surface area contributed by atoms with E-state index in [9.17, 15) is 13.2 Å². The van der Waals surface area contributed by atoms with Gasteiger partial charge in [0.25, 0.3) is 0 Å². The summed E-state index contributed by atoms with van der Waals surface area (Å²) in [5, 5.41) is 0. The second-order valence-corrected chi connectivity index (χ2v) is 3.71. The fourth-order valence-electron chi connectivity index (χ4n) is 1.21. The van der Waals surface area contributed by atoms with Gasteiger partial charge in [-0.3, -0.25) is 0 Å². The van der Waals surface area contributed by atoms with E-state index in [1.165, 1.54) is 6.08 Å². The second-order valence-electron chi connectivity index (χ2n) is 3.71. The third-order valence-corrected chi connectivity index (χ3v) is 2.07. The van der Waals surface area contributed by atoms with Crippen LogP contribution in [0.25, 0.3) is 6.08 Å². The van der Waals surface area contributed by atoms with E-state index in [0.717, 1.165) is 17.3 Å². The third kappa shape index (κ3) is 4.38. The molecule has 0 amide bonds. The number of allylic oxidation sites excluding steroid dienone is 1. The number of nitrogens with zero attached hydrogens (tertiary/aromatic N) is 1. The van der Waals surface area contributed by atoms with Crippen LogP contribution < -0.4 is 4.90 Å². The van der Waals surface area contributed by atoms with Gasteiger partial charge in [0.05, 0.1) is 6.42 Å². The lowest BCUT2D eigenvalue weighted by Crippen LogP contribution is -2.07. The molecule has 0 fully saturated rings. The van der Waals surface area contributed by atoms with Crippen molar-refractivity contribution in [2.24, 2.45) is 0 Å². The Hall–Kier alpha value is -1.45. The van der Waals surface area contributed by atoms with E-state index in [2.05, 4.69) is 0 Å². The van der Waals surface area contributed by atoms with Crippen molar-refractivity contribution < 1.29 is 13.2 Å². The molecule has 0 spiro atoms. The van der Waals surface area contributed by atoms with E-state index in [-0.39, 0.29) is 0 Å². The summed E-state index contributed by atoms with van der Waals surface area (Å²) < 4.78 is 35.6. The molecule has 0 heterocycles. The summed E-state index contributed by atoms with van der Waals surface area (Å²) in [5.41, 5.74) is 1.79. The summed E-state index contributed by atoms with van der Waals surface area (Å²) in [6.07, 6.45) is -2.40. The highest BCUT2D eigenvalue weighted by Crippen LogP contribution is 2.21. The van der Waals surface area contributed by atoms with E-state index < -0.39 is 12.6 Å². The molecule has 0 aromatic heterocycles. The number of hydrogen-bond acceptors (Lipinski definition) is 1. The van der Waals surface area contributed by atoms with Gasteiger partial charge in [0, 0.05) is 19.8 Å². The van der Waals surface area contributed by atoms with Gasteiger partial charge in [-0.05, 0) is 17.7 Å². The Labute approximate surface area is 93.2 Å². The Kier molecular flexibility index (Phi) is 3.99. The Balaban J connectivity index is 2.62. The predicted octanol–water partition coefficient (Wildman–Crippen LogP) is 3.72. The van der Waals surface area contributed by atoms with E-state index in [1.54, 1.807) is 12.1 Å². The lowest BCUT2D eigenvalue weighted by atomic mass is 10.2. The molecule has 0 radical (unpaired) electrons. The molecule has 0 N–H and O–H groups in total. The fourth-order valence-corrected chi connectivity index (χ4v) is 1.21. The van der Waals surface area contributed by atoms with Gasteiger partial charge in [0.1, 0.15) is 0 Å². The average molecular weight is 229 g/mol. The van der Waals surface area contributed by atoms with Gasteiger partial charge in [-0.2, -0.15) is 13.2 Å². The molecule has 0 bridgehead atoms. The first-order chi connectivity index (χ1) is 7.38. The fraction of sp³-hybridized carbons (Fsp3) is 0.333. The van der Waals surface area contributed by atoms with Crippen LogP contribution in [0.3, 0.4) is 0 Å². The summed E-state index contributed by atoms with van der Waals surface area (Å²) in [6, 6.07) is 7.32. The zero-order valence-corrected chi connectivity index (χ0v) is 9.25. The van der Waals surface area contributed by atoms with Crippen LogP contribution in [0.5, 0.6) is 0 Å². The Morgan fingerprint density at radius 3 is 2.12 bits per heavy atom. The van der Waals surface area contributed by atoms with E-state index >= 15 is 0 Å². The molecule has 1 aromatic carbocycles. The molecular formula is C12H14F3N. The van der Waals surface area contributed by atoms with Gasteiger partial charge in [0.2, 0.25) is 0 Å². The van der Waals surface area contributed by atoms with Crippen molar-refractivity contribution in [3.05, 3.63) is 35.9 Å². The lowest BCUT2D eigenvalue weighted by molar-refractivity contribution is -0.124. The minimum Gasteiger partial charge on any atom is -0.378 e. The molecule has 16 heavy (non-hydrogen) atoms. The van der Waals surface area contributed by atoms with Crippen molar-refractivity contribution >= 4 is 11.8 Å². The SMILES string of the molecule is CN(C)c1ccc(/C=C/CC(F)(F)F)cc1. The number of benzene rings is 1. The molecule has 0 aliphatic heterocycles. The van der Waals surface area contributed by atoms with Gasteiger partial charge in [0.15, 0.2) is 0 Å². The number of anilines is 1. The van der Waals surface area contributed by atoms with Crippen molar-refractivity contribution in [2.45, 2.75) is 12.6 Å². The Morgan fingerprint density at radius 2 is 1.69 bits per heavy atom. The van der Waals surface area contributed by atoms with Gasteiger partial charge in [-0.25, -0.2) is 0 Å². The molecule has 0 aliphatic carbocycles. The molecule has 4 heteroatoms. The van der Waals surface area contributed by atoms with Crippen LogP contribution in [0.4, 0.5) is 18.9 Å². The molecule has 1 rings (SSSR count). The van der Waals surface area contributed by atoms with Crippen molar-refractivity contribution in [2.75, 3.05) is 19.0 Å². The summed E-state index contributed by atoms with van der Waals surface area (Å²) >= 11 is 0. The van der Waals surface area contributed by atoms with Crippen molar-refractivity contribution in [3.63, 3.8) is 0 Å². The van der Waals surface area contributed by atoms with E-state index in [1.807, 2.05) is 31.1 Å². The zero-order valence-electron chi connectivity index (χ0n) is 9.25. The van der Waals surface area contributed by atoms with Crippen LogP contribution in [-0.2, 0) is 0 Å². The number of alkyl halides is 3. The standard InChI is InChI=1S/C12H14F3N/c1-16(2)11-7-5-10(6-8-11)4-3-9-12(13,14)15/h3-8H,9H2,1-2H3/b4-3+. The first-order valence-corrected chi connectivity index (χ1v) is 4.89. The summed E-state index contributed by atoms with van der Waals surface area (Å²) in [5.74, 6) is 0. The number of rotatable bonds is 3. The molecule has 0 saturated heterocycles. The normalized spacial score (nSPS) is 12.1. The van der Waals surface area contributed by atoms with E-state index in [4.69, 9.17) is 0 Å². The smallest absolute Gasteiger partial charge is 0.378 e. The van der Waals surface area contributed by atoms with Crippen LogP contribution in [0.2, 0.25) is 0 Å². The minimum atomic E-state index is -4.12. The lowest BCUT2D eigenvalue weighted by Gasteiger charge is -2.11. The van der Waals surface area contributed by atoms with Gasteiger partial charge in [-0.15, -0.1) is 0 Å². The molecule has 1 nitrogen and oxygen atoms in total. The average Bonchev–Trinajstić information content (AvgIpc) is 2.16. The Bertz CT molecular complexity index is 350. The topological polar surface area (TPSA) is 3.24 Å². The van der Waals surface area contributed by atoms with Crippen LogP contribution in [0, 0.1) is 0 Å². The number of halogens is 3. The van der Waals surface area contributed by atoms with Crippen molar-refractivity contribution in [3.8, 4) is 0 Å².